The zero-order valence-electron chi connectivity index (χ0n) is 15.7. The van der Waals surface area contributed by atoms with Gasteiger partial charge in [0.05, 0.1) is 18.6 Å². The summed E-state index contributed by atoms with van der Waals surface area (Å²) in [5, 5.41) is 2.66. The molecule has 3 aromatic rings. The molecule has 1 heterocycles. The zero-order chi connectivity index (χ0) is 21.4. The molecule has 0 radical (unpaired) electrons. The lowest BCUT2D eigenvalue weighted by Crippen LogP contribution is -2.17. The maximum Gasteiger partial charge on any atom is 0.573 e. The van der Waals surface area contributed by atoms with Gasteiger partial charge in [-0.1, -0.05) is 30.3 Å². The molecule has 1 aromatic heterocycles. The molecule has 0 aliphatic heterocycles. The fraction of sp³-hybridized carbons (Fsp3) is 0.143. The van der Waals surface area contributed by atoms with Gasteiger partial charge < -0.3 is 19.4 Å². The number of nitrogens with one attached hydrogen (secondary N) is 1. The van der Waals surface area contributed by atoms with Crippen LogP contribution in [0.2, 0.25) is 0 Å². The number of carbonyl (C=O) groups is 1. The standard InChI is InChI=1S/C21H18F3N3O3/c22-21(23,24)30-18-7-3-1-5-16(18)9-10-20(28)26-17-6-2-4-8-19(17)29-14-13-27-12-11-25-15-27/h1-12,15H,13-14H2,(H,26,28). The van der Waals surface area contributed by atoms with Crippen LogP contribution in [0.4, 0.5) is 18.9 Å². The van der Waals surface area contributed by atoms with Crippen molar-refractivity contribution >= 4 is 17.7 Å². The molecule has 0 spiro atoms. The van der Waals surface area contributed by atoms with E-state index in [4.69, 9.17) is 4.74 Å². The number of hydrogen-bond donors (Lipinski definition) is 1. The number of anilines is 1. The summed E-state index contributed by atoms with van der Waals surface area (Å²) in [6.45, 7) is 0.944. The van der Waals surface area contributed by atoms with Gasteiger partial charge >= 0.3 is 6.36 Å². The van der Waals surface area contributed by atoms with E-state index in [1.165, 1.54) is 24.3 Å². The third-order valence-corrected chi connectivity index (χ3v) is 3.87. The van der Waals surface area contributed by atoms with Crippen molar-refractivity contribution in [2.45, 2.75) is 12.9 Å². The molecule has 3 rings (SSSR count). The monoisotopic (exact) mass is 417 g/mol. The molecule has 9 heteroatoms. The van der Waals surface area contributed by atoms with E-state index in [0.29, 0.717) is 24.6 Å². The Labute approximate surface area is 170 Å². The number of para-hydroxylation sites is 3. The molecule has 0 atom stereocenters. The molecule has 1 amide bonds. The van der Waals surface area contributed by atoms with Crippen molar-refractivity contribution in [3.05, 3.63) is 78.9 Å². The molecular weight excluding hydrogens is 399 g/mol. The average Bonchev–Trinajstić information content (AvgIpc) is 3.21. The van der Waals surface area contributed by atoms with E-state index in [2.05, 4.69) is 15.0 Å². The number of amides is 1. The van der Waals surface area contributed by atoms with Crippen molar-refractivity contribution in [3.63, 3.8) is 0 Å². The van der Waals surface area contributed by atoms with Crippen molar-refractivity contribution < 1.29 is 27.4 Å². The molecule has 1 N–H and O–H groups in total. The molecule has 0 saturated heterocycles. The van der Waals surface area contributed by atoms with Gasteiger partial charge in [0.25, 0.3) is 0 Å². The summed E-state index contributed by atoms with van der Waals surface area (Å²) in [6.07, 6.45) is 2.70. The van der Waals surface area contributed by atoms with Crippen LogP contribution in [0.3, 0.4) is 0 Å². The molecule has 2 aromatic carbocycles. The summed E-state index contributed by atoms with van der Waals surface area (Å²) in [5.74, 6) is -0.445. The van der Waals surface area contributed by atoms with E-state index in [9.17, 15) is 18.0 Å². The fourth-order valence-corrected chi connectivity index (χ4v) is 2.55. The molecule has 0 aliphatic rings. The summed E-state index contributed by atoms with van der Waals surface area (Å²) in [7, 11) is 0. The second-order valence-electron chi connectivity index (χ2n) is 6.05. The molecule has 0 bridgehead atoms. The van der Waals surface area contributed by atoms with Crippen LogP contribution in [-0.4, -0.2) is 28.4 Å². The van der Waals surface area contributed by atoms with Gasteiger partial charge in [0.1, 0.15) is 18.1 Å². The minimum atomic E-state index is -4.82. The number of halogens is 3. The lowest BCUT2D eigenvalue weighted by molar-refractivity contribution is -0.274. The topological polar surface area (TPSA) is 65.4 Å². The molecule has 30 heavy (non-hydrogen) atoms. The Kier molecular flexibility index (Phi) is 6.74. The number of aromatic nitrogens is 2. The lowest BCUT2D eigenvalue weighted by Gasteiger charge is -2.12. The summed E-state index contributed by atoms with van der Waals surface area (Å²) in [5.41, 5.74) is 0.562. The van der Waals surface area contributed by atoms with Gasteiger partial charge in [-0.2, -0.15) is 0 Å². The van der Waals surface area contributed by atoms with Crippen molar-refractivity contribution in [1.29, 1.82) is 0 Å². The molecule has 0 unspecified atom stereocenters. The Hall–Kier alpha value is -3.75. The number of ether oxygens (including phenoxy) is 2. The van der Waals surface area contributed by atoms with E-state index in [1.807, 2.05) is 10.8 Å². The molecular formula is C21H18F3N3O3. The highest BCUT2D eigenvalue weighted by molar-refractivity contribution is 6.02. The molecule has 0 aliphatic carbocycles. The smallest absolute Gasteiger partial charge is 0.490 e. The first-order chi connectivity index (χ1) is 14.4. The van der Waals surface area contributed by atoms with Crippen LogP contribution in [-0.2, 0) is 11.3 Å². The van der Waals surface area contributed by atoms with Gasteiger partial charge in [-0.15, -0.1) is 13.2 Å². The molecule has 6 nitrogen and oxygen atoms in total. The first-order valence-corrected chi connectivity index (χ1v) is 8.92. The highest BCUT2D eigenvalue weighted by Crippen LogP contribution is 2.27. The fourth-order valence-electron chi connectivity index (χ4n) is 2.55. The number of alkyl halides is 3. The Morgan fingerprint density at radius 2 is 1.83 bits per heavy atom. The van der Waals surface area contributed by atoms with Gasteiger partial charge in [-0.3, -0.25) is 4.79 Å². The van der Waals surface area contributed by atoms with Crippen molar-refractivity contribution in [1.82, 2.24) is 9.55 Å². The Morgan fingerprint density at radius 1 is 1.10 bits per heavy atom. The number of hydrogen-bond acceptors (Lipinski definition) is 4. The van der Waals surface area contributed by atoms with E-state index >= 15 is 0 Å². The Bertz CT molecular complexity index is 1000. The first kappa shape index (κ1) is 21.0. The summed E-state index contributed by atoms with van der Waals surface area (Å²) in [4.78, 5) is 16.2. The highest BCUT2D eigenvalue weighted by atomic mass is 19.4. The van der Waals surface area contributed by atoms with Crippen LogP contribution in [0.5, 0.6) is 11.5 Å². The van der Waals surface area contributed by atoms with Crippen LogP contribution in [0.25, 0.3) is 6.08 Å². The van der Waals surface area contributed by atoms with Crippen LogP contribution < -0.4 is 14.8 Å². The SMILES string of the molecule is O=C(C=Cc1ccccc1OC(F)(F)F)Nc1ccccc1OCCn1ccnc1. The van der Waals surface area contributed by atoms with Crippen LogP contribution in [0.1, 0.15) is 5.56 Å². The van der Waals surface area contributed by atoms with Gasteiger partial charge in [0.2, 0.25) is 5.91 Å². The van der Waals surface area contributed by atoms with E-state index < -0.39 is 18.0 Å². The largest absolute Gasteiger partial charge is 0.573 e. The van der Waals surface area contributed by atoms with Gasteiger partial charge in [0, 0.05) is 24.0 Å². The number of rotatable bonds is 8. The minimum Gasteiger partial charge on any atom is -0.490 e. The average molecular weight is 417 g/mol. The van der Waals surface area contributed by atoms with E-state index in [1.54, 1.807) is 42.9 Å². The first-order valence-electron chi connectivity index (χ1n) is 8.92. The predicted molar refractivity (Wildman–Crippen MR) is 105 cm³/mol. The van der Waals surface area contributed by atoms with Gasteiger partial charge in [-0.25, -0.2) is 4.98 Å². The number of benzene rings is 2. The quantitative estimate of drug-likeness (QED) is 0.548. The zero-order valence-corrected chi connectivity index (χ0v) is 15.7. The van der Waals surface area contributed by atoms with Crippen LogP contribution in [0.15, 0.2) is 73.3 Å². The van der Waals surface area contributed by atoms with Crippen LogP contribution >= 0.6 is 0 Å². The number of carbonyl (C=O) groups excluding carboxylic acids is 1. The number of nitrogens with zero attached hydrogens (tertiary/aromatic N) is 2. The number of imidazole rings is 1. The normalized spacial score (nSPS) is 11.4. The van der Waals surface area contributed by atoms with Crippen molar-refractivity contribution in [2.24, 2.45) is 0 Å². The van der Waals surface area contributed by atoms with E-state index in [0.717, 1.165) is 6.08 Å². The highest BCUT2D eigenvalue weighted by Gasteiger charge is 2.31. The summed E-state index contributed by atoms with van der Waals surface area (Å²) >= 11 is 0. The molecule has 0 saturated carbocycles. The van der Waals surface area contributed by atoms with Crippen molar-refractivity contribution in [2.75, 3.05) is 11.9 Å². The van der Waals surface area contributed by atoms with E-state index in [-0.39, 0.29) is 5.56 Å². The second-order valence-corrected chi connectivity index (χ2v) is 6.05. The maximum atomic E-state index is 12.5. The summed E-state index contributed by atoms with van der Waals surface area (Å²) < 4.78 is 49.0. The van der Waals surface area contributed by atoms with Crippen molar-refractivity contribution in [3.8, 4) is 11.5 Å². The predicted octanol–water partition coefficient (Wildman–Crippen LogP) is 4.51. The lowest BCUT2D eigenvalue weighted by atomic mass is 10.2. The van der Waals surface area contributed by atoms with Gasteiger partial charge in [0.15, 0.2) is 0 Å². The van der Waals surface area contributed by atoms with Gasteiger partial charge in [-0.05, 0) is 24.3 Å². The maximum absolute atomic E-state index is 12.5. The molecule has 0 fully saturated rings. The summed E-state index contributed by atoms with van der Waals surface area (Å²) in [6, 6.07) is 12.4. The Balaban J connectivity index is 1.63. The third-order valence-electron chi connectivity index (χ3n) is 3.87. The second kappa shape index (κ2) is 9.64. The van der Waals surface area contributed by atoms with Crippen LogP contribution in [0, 0.1) is 0 Å². The third kappa shape index (κ3) is 6.40. The molecule has 156 valence electrons. The Morgan fingerprint density at radius 3 is 2.57 bits per heavy atom. The minimum absolute atomic E-state index is 0.120.